The number of hydrogen-bond acceptors (Lipinski definition) is 6. The van der Waals surface area contributed by atoms with Crippen LogP contribution in [-0.4, -0.2) is 31.5 Å². The Morgan fingerprint density at radius 3 is 2.74 bits per heavy atom. The molecule has 0 spiro atoms. The Morgan fingerprint density at radius 2 is 2.05 bits per heavy atom. The number of rotatable bonds is 2. The third-order valence-electron chi connectivity index (χ3n) is 2.49. The molecule has 0 aliphatic carbocycles. The van der Waals surface area contributed by atoms with E-state index in [4.69, 9.17) is 0 Å². The molecular formula is C10H8BrN5O2S. The monoisotopic (exact) mass is 341 g/mol. The topological polar surface area (TPSA) is 86.2 Å². The van der Waals surface area contributed by atoms with Crippen LogP contribution in [0.4, 0.5) is 5.69 Å². The molecular weight excluding hydrogens is 334 g/mol. The average Bonchev–Trinajstić information content (AvgIpc) is 2.86. The van der Waals surface area contributed by atoms with E-state index >= 15 is 0 Å². The van der Waals surface area contributed by atoms with Crippen LogP contribution in [-0.2, 0) is 0 Å². The molecule has 1 aliphatic heterocycles. The zero-order chi connectivity index (χ0) is 12.5. The van der Waals surface area contributed by atoms with Gasteiger partial charge in [0.05, 0.1) is 16.8 Å². The number of benzene rings is 1. The zero-order valence-electron chi connectivity index (χ0n) is 9.46. The van der Waals surface area contributed by atoms with Crippen LogP contribution in [0.2, 0.25) is 0 Å². The normalized spacial score (nSPS) is 13.2. The van der Waals surface area contributed by atoms with Gasteiger partial charge in [0.25, 0.3) is 5.69 Å². The lowest BCUT2D eigenvalue weighted by Crippen LogP contribution is -2.13. The highest BCUT2D eigenvalue weighted by Crippen LogP contribution is 2.23. The number of thioether (sulfide) groups is 1. The van der Waals surface area contributed by atoms with Crippen molar-refractivity contribution in [2.24, 2.45) is 5.10 Å². The Balaban J connectivity index is 0.00000133. The average molecular weight is 342 g/mol. The number of nitro benzene ring substituents is 1. The fourth-order valence-corrected chi connectivity index (χ4v) is 2.41. The molecule has 0 bridgehead atoms. The number of nitrogens with zero attached hydrogens (tertiary/aromatic N) is 5. The van der Waals surface area contributed by atoms with Gasteiger partial charge in [0.2, 0.25) is 0 Å². The number of non-ortho nitro benzene ring substituents is 1. The van der Waals surface area contributed by atoms with Crippen molar-refractivity contribution >= 4 is 40.1 Å². The highest BCUT2D eigenvalue weighted by atomic mass is 79.9. The van der Waals surface area contributed by atoms with Crippen LogP contribution >= 0.6 is 28.7 Å². The number of halogens is 1. The largest absolute Gasteiger partial charge is 0.269 e. The first kappa shape index (κ1) is 13.7. The van der Waals surface area contributed by atoms with Gasteiger partial charge in [0.1, 0.15) is 5.03 Å². The van der Waals surface area contributed by atoms with Gasteiger partial charge in [0, 0.05) is 17.9 Å². The summed E-state index contributed by atoms with van der Waals surface area (Å²) in [6.07, 6.45) is 1.65. The van der Waals surface area contributed by atoms with E-state index in [9.17, 15) is 10.1 Å². The molecule has 0 amide bonds. The molecule has 0 fully saturated rings. The third-order valence-corrected chi connectivity index (χ3v) is 3.47. The standard InChI is InChI=1S/C10H7N5O2S.BrH/c16-15(17)8-3-1-7(2-4-8)9-6-18-10-5-11-13-14(10)12-9;/h1-5H,6H2;1H. The first-order valence-corrected chi connectivity index (χ1v) is 6.09. The molecule has 2 aromatic rings. The summed E-state index contributed by atoms with van der Waals surface area (Å²) in [5.41, 5.74) is 1.76. The fourth-order valence-electron chi connectivity index (χ4n) is 1.59. The first-order valence-electron chi connectivity index (χ1n) is 5.10. The van der Waals surface area contributed by atoms with E-state index in [-0.39, 0.29) is 22.7 Å². The summed E-state index contributed by atoms with van der Waals surface area (Å²) in [4.78, 5) is 11.6. The Kier molecular flexibility index (Phi) is 3.96. The lowest BCUT2D eigenvalue weighted by atomic mass is 10.1. The molecule has 7 nitrogen and oxygen atoms in total. The van der Waals surface area contributed by atoms with Crippen molar-refractivity contribution in [3.8, 4) is 0 Å². The maximum atomic E-state index is 10.6. The Bertz CT molecular complexity index is 640. The van der Waals surface area contributed by atoms with E-state index in [2.05, 4.69) is 15.4 Å². The molecule has 1 aromatic heterocycles. The maximum absolute atomic E-state index is 10.6. The van der Waals surface area contributed by atoms with Crippen molar-refractivity contribution < 1.29 is 4.92 Å². The lowest BCUT2D eigenvalue weighted by molar-refractivity contribution is -0.384. The minimum absolute atomic E-state index is 0. The summed E-state index contributed by atoms with van der Waals surface area (Å²) in [6.45, 7) is 0. The SMILES string of the molecule is Br.O=[N+]([O-])c1ccc(C2=Nn3nncc3SC2)cc1. The van der Waals surface area contributed by atoms with Gasteiger partial charge in [-0.2, -0.15) is 5.10 Å². The van der Waals surface area contributed by atoms with E-state index in [1.165, 1.54) is 16.9 Å². The molecule has 3 rings (SSSR count). The van der Waals surface area contributed by atoms with Gasteiger partial charge < -0.3 is 0 Å². The van der Waals surface area contributed by atoms with Crippen LogP contribution in [0.1, 0.15) is 5.56 Å². The molecule has 0 radical (unpaired) electrons. The van der Waals surface area contributed by atoms with E-state index in [0.717, 1.165) is 16.3 Å². The summed E-state index contributed by atoms with van der Waals surface area (Å²) in [5, 5.41) is 23.4. The second-order valence-electron chi connectivity index (χ2n) is 3.60. The summed E-state index contributed by atoms with van der Waals surface area (Å²) < 4.78 is 0. The predicted molar refractivity (Wildman–Crippen MR) is 76.1 cm³/mol. The Morgan fingerprint density at radius 1 is 1.32 bits per heavy atom. The van der Waals surface area contributed by atoms with Gasteiger partial charge >= 0.3 is 0 Å². The van der Waals surface area contributed by atoms with Crippen LogP contribution in [0.15, 0.2) is 40.6 Å². The molecule has 0 N–H and O–H groups in total. The van der Waals surface area contributed by atoms with Crippen molar-refractivity contribution in [2.75, 3.05) is 5.75 Å². The van der Waals surface area contributed by atoms with Gasteiger partial charge in [-0.3, -0.25) is 10.1 Å². The molecule has 0 atom stereocenters. The highest BCUT2D eigenvalue weighted by Gasteiger charge is 2.16. The number of hydrogen-bond donors (Lipinski definition) is 0. The van der Waals surface area contributed by atoms with Crippen LogP contribution < -0.4 is 0 Å². The van der Waals surface area contributed by atoms with Gasteiger partial charge in [-0.25, -0.2) is 0 Å². The minimum atomic E-state index is -0.420. The van der Waals surface area contributed by atoms with Crippen LogP contribution in [0.25, 0.3) is 0 Å². The molecule has 1 aromatic carbocycles. The summed E-state index contributed by atoms with van der Waals surface area (Å²) in [6, 6.07) is 6.33. The Hall–Kier alpha value is -1.74. The van der Waals surface area contributed by atoms with Gasteiger partial charge in [-0.15, -0.1) is 26.9 Å². The van der Waals surface area contributed by atoms with Crippen LogP contribution in [0.3, 0.4) is 0 Å². The number of fused-ring (bicyclic) bond motifs is 1. The predicted octanol–water partition coefficient (Wildman–Crippen LogP) is 2.12. The zero-order valence-corrected chi connectivity index (χ0v) is 12.0. The molecule has 2 heterocycles. The van der Waals surface area contributed by atoms with Crippen LogP contribution in [0.5, 0.6) is 0 Å². The molecule has 98 valence electrons. The van der Waals surface area contributed by atoms with Gasteiger partial charge in [-0.1, -0.05) is 11.8 Å². The maximum Gasteiger partial charge on any atom is 0.269 e. The van der Waals surface area contributed by atoms with Crippen molar-refractivity contribution in [2.45, 2.75) is 5.03 Å². The highest BCUT2D eigenvalue weighted by molar-refractivity contribution is 8.93. The summed E-state index contributed by atoms with van der Waals surface area (Å²) in [7, 11) is 0. The molecule has 19 heavy (non-hydrogen) atoms. The molecule has 0 unspecified atom stereocenters. The van der Waals surface area contributed by atoms with Crippen molar-refractivity contribution in [1.82, 2.24) is 15.1 Å². The van der Waals surface area contributed by atoms with Gasteiger partial charge in [-0.05, 0) is 22.9 Å². The molecule has 0 saturated heterocycles. The Labute approximate surface area is 122 Å². The number of nitro groups is 1. The van der Waals surface area contributed by atoms with Crippen LogP contribution in [0, 0.1) is 10.1 Å². The molecule has 1 aliphatic rings. The first-order chi connectivity index (χ1) is 8.74. The molecule has 0 saturated carbocycles. The van der Waals surface area contributed by atoms with E-state index in [0.29, 0.717) is 5.75 Å². The smallest absolute Gasteiger partial charge is 0.258 e. The van der Waals surface area contributed by atoms with Crippen molar-refractivity contribution in [3.63, 3.8) is 0 Å². The van der Waals surface area contributed by atoms with Crippen molar-refractivity contribution in [3.05, 3.63) is 46.1 Å². The lowest BCUT2D eigenvalue weighted by Gasteiger charge is -2.11. The fraction of sp³-hybridized carbons (Fsp3) is 0.100. The van der Waals surface area contributed by atoms with E-state index in [1.807, 2.05) is 0 Å². The minimum Gasteiger partial charge on any atom is -0.258 e. The van der Waals surface area contributed by atoms with Crippen molar-refractivity contribution in [1.29, 1.82) is 0 Å². The van der Waals surface area contributed by atoms with E-state index < -0.39 is 4.92 Å². The second kappa shape index (κ2) is 5.49. The second-order valence-corrected chi connectivity index (χ2v) is 4.60. The summed E-state index contributed by atoms with van der Waals surface area (Å²) >= 11 is 1.58. The molecule has 9 heteroatoms. The summed E-state index contributed by atoms with van der Waals surface area (Å²) in [5.74, 6) is 0.700. The quantitative estimate of drug-likeness (QED) is 0.616. The number of aromatic nitrogens is 3. The van der Waals surface area contributed by atoms with E-state index in [1.54, 1.807) is 30.1 Å². The third kappa shape index (κ3) is 2.66. The van der Waals surface area contributed by atoms with Gasteiger partial charge in [0.15, 0.2) is 0 Å².